The van der Waals surface area contributed by atoms with Crippen molar-refractivity contribution in [2.24, 2.45) is 4.99 Å². The predicted octanol–water partition coefficient (Wildman–Crippen LogP) is 4.11. The van der Waals surface area contributed by atoms with Gasteiger partial charge in [0.25, 0.3) is 0 Å². The van der Waals surface area contributed by atoms with Crippen LogP contribution in [-0.2, 0) is 35.7 Å². The van der Waals surface area contributed by atoms with E-state index in [2.05, 4.69) is 69.3 Å². The van der Waals surface area contributed by atoms with Gasteiger partial charge in [0.1, 0.15) is 0 Å². The lowest BCUT2D eigenvalue weighted by molar-refractivity contribution is -0.0390. The molecule has 0 spiro atoms. The van der Waals surface area contributed by atoms with Crippen molar-refractivity contribution in [2.45, 2.75) is 45.2 Å². The van der Waals surface area contributed by atoms with Crippen molar-refractivity contribution in [1.29, 1.82) is 0 Å². The molecule has 1 aliphatic rings. The average molecular weight is 575 g/mol. The second kappa shape index (κ2) is 14.1. The van der Waals surface area contributed by atoms with E-state index in [0.717, 1.165) is 38.6 Å². The van der Waals surface area contributed by atoms with Gasteiger partial charge in [0.15, 0.2) is 5.96 Å². The smallest absolute Gasteiger partial charge is 0.191 e. The maximum absolute atomic E-state index is 6.06. The van der Waals surface area contributed by atoms with Gasteiger partial charge in [0.2, 0.25) is 0 Å². The second-order valence-electron chi connectivity index (χ2n) is 8.19. The summed E-state index contributed by atoms with van der Waals surface area (Å²) in [4.78, 5) is 4.38. The van der Waals surface area contributed by atoms with E-state index >= 15 is 0 Å². The van der Waals surface area contributed by atoms with Crippen molar-refractivity contribution in [2.75, 3.05) is 20.3 Å². The van der Waals surface area contributed by atoms with Crippen molar-refractivity contribution in [3.63, 3.8) is 0 Å². The minimum absolute atomic E-state index is 0. The highest BCUT2D eigenvalue weighted by Crippen LogP contribution is 2.14. The Kier molecular flexibility index (Phi) is 10.8. The highest BCUT2D eigenvalue weighted by molar-refractivity contribution is 14.0. The molecule has 8 heteroatoms. The summed E-state index contributed by atoms with van der Waals surface area (Å²) in [6.07, 6.45) is 6.05. The van der Waals surface area contributed by atoms with Gasteiger partial charge in [-0.2, -0.15) is 5.10 Å². The molecule has 2 heterocycles. The zero-order valence-electron chi connectivity index (χ0n) is 19.7. The zero-order valence-corrected chi connectivity index (χ0v) is 22.0. The Morgan fingerprint density at radius 3 is 2.56 bits per heavy atom. The maximum atomic E-state index is 6.06. The number of aromatic nitrogens is 2. The van der Waals surface area contributed by atoms with Crippen LogP contribution in [0.1, 0.15) is 35.1 Å². The van der Waals surface area contributed by atoms with Crippen LogP contribution in [0.5, 0.6) is 0 Å². The summed E-state index contributed by atoms with van der Waals surface area (Å²) < 4.78 is 13.4. The number of nitrogens with zero attached hydrogens (tertiary/aromatic N) is 3. The Balaban J connectivity index is 0.00000324. The molecule has 0 atom stereocenters. The molecule has 2 N–H and O–H groups in total. The molecule has 182 valence electrons. The van der Waals surface area contributed by atoms with Crippen molar-refractivity contribution in [1.82, 2.24) is 20.4 Å². The predicted molar refractivity (Wildman–Crippen MR) is 145 cm³/mol. The van der Waals surface area contributed by atoms with Crippen molar-refractivity contribution in [3.05, 3.63) is 89.2 Å². The van der Waals surface area contributed by atoms with Gasteiger partial charge in [0, 0.05) is 45.7 Å². The second-order valence-corrected chi connectivity index (χ2v) is 8.19. The number of halogens is 1. The fourth-order valence-corrected chi connectivity index (χ4v) is 3.92. The Hall–Kier alpha value is -2.43. The molecule has 0 unspecified atom stereocenters. The number of hydrogen-bond donors (Lipinski definition) is 2. The maximum Gasteiger partial charge on any atom is 0.191 e. The Morgan fingerprint density at radius 2 is 1.79 bits per heavy atom. The molecular formula is C26H34IN5O2. The van der Waals surface area contributed by atoms with Gasteiger partial charge >= 0.3 is 0 Å². The molecule has 1 aromatic heterocycles. The van der Waals surface area contributed by atoms with E-state index in [0.29, 0.717) is 25.8 Å². The fourth-order valence-electron chi connectivity index (χ4n) is 3.92. The zero-order chi connectivity index (χ0) is 22.7. The van der Waals surface area contributed by atoms with E-state index < -0.39 is 0 Å². The molecule has 0 radical (unpaired) electrons. The Labute approximate surface area is 219 Å². The lowest BCUT2D eigenvalue weighted by atomic mass is 10.1. The molecule has 4 rings (SSSR count). The number of rotatable bonds is 9. The van der Waals surface area contributed by atoms with E-state index in [4.69, 9.17) is 9.47 Å². The van der Waals surface area contributed by atoms with Crippen LogP contribution in [0.2, 0.25) is 0 Å². The molecule has 1 saturated heterocycles. The molecule has 0 bridgehead atoms. The van der Waals surface area contributed by atoms with Crippen molar-refractivity contribution < 1.29 is 9.47 Å². The van der Waals surface area contributed by atoms with Crippen molar-refractivity contribution >= 4 is 29.9 Å². The van der Waals surface area contributed by atoms with Crippen LogP contribution in [-0.4, -0.2) is 42.1 Å². The van der Waals surface area contributed by atoms with Crippen molar-refractivity contribution in [3.8, 4) is 0 Å². The van der Waals surface area contributed by atoms with Gasteiger partial charge in [-0.3, -0.25) is 9.67 Å². The molecule has 1 aliphatic heterocycles. The van der Waals surface area contributed by atoms with Crippen LogP contribution < -0.4 is 10.6 Å². The van der Waals surface area contributed by atoms with E-state index in [1.165, 1.54) is 22.3 Å². The first-order chi connectivity index (χ1) is 16.3. The summed E-state index contributed by atoms with van der Waals surface area (Å²) in [5, 5.41) is 11.2. The molecular weight excluding hydrogens is 541 g/mol. The first-order valence-corrected chi connectivity index (χ1v) is 11.6. The van der Waals surface area contributed by atoms with Gasteiger partial charge in [-0.15, -0.1) is 24.0 Å². The van der Waals surface area contributed by atoms with Crippen LogP contribution in [0.4, 0.5) is 0 Å². The molecule has 0 amide bonds. The Bertz CT molecular complexity index is 1020. The Morgan fingerprint density at radius 1 is 1.03 bits per heavy atom. The highest BCUT2D eigenvalue weighted by atomic mass is 127. The average Bonchev–Trinajstić information content (AvgIpc) is 3.38. The molecule has 7 nitrogen and oxygen atoms in total. The topological polar surface area (TPSA) is 72.7 Å². The summed E-state index contributed by atoms with van der Waals surface area (Å²) in [6, 6.07) is 18.9. The SMILES string of the molecule is CN=C(NCc1cccc(COC2CCOCC2)c1)NCc1ccccc1Cn1cccn1.I. The van der Waals surface area contributed by atoms with Crippen LogP contribution in [0.25, 0.3) is 0 Å². The number of nitrogens with one attached hydrogen (secondary N) is 2. The third kappa shape index (κ3) is 8.11. The minimum atomic E-state index is 0. The summed E-state index contributed by atoms with van der Waals surface area (Å²) in [6.45, 7) is 4.37. The monoisotopic (exact) mass is 575 g/mol. The third-order valence-electron chi connectivity index (χ3n) is 5.79. The number of benzene rings is 2. The third-order valence-corrected chi connectivity index (χ3v) is 5.79. The van der Waals surface area contributed by atoms with E-state index in [9.17, 15) is 0 Å². The standard InChI is InChI=1S/C26H33N5O2.HI/c1-27-26(29-18-23-8-2-3-9-24(23)19-31-13-5-12-30-31)28-17-21-6-4-7-22(16-21)20-33-25-10-14-32-15-11-25;/h2-9,12-13,16,25H,10-11,14-15,17-20H2,1H3,(H2,27,28,29);1H. The van der Waals surface area contributed by atoms with Gasteiger partial charge in [-0.25, -0.2) is 0 Å². The van der Waals surface area contributed by atoms with Crippen LogP contribution in [0, 0.1) is 0 Å². The lowest BCUT2D eigenvalue weighted by Crippen LogP contribution is -2.36. The van der Waals surface area contributed by atoms with Crippen LogP contribution >= 0.6 is 24.0 Å². The molecule has 2 aromatic carbocycles. The number of aliphatic imine (C=N–C) groups is 1. The lowest BCUT2D eigenvalue weighted by Gasteiger charge is -2.22. The van der Waals surface area contributed by atoms with E-state index in [1.807, 2.05) is 16.9 Å². The first-order valence-electron chi connectivity index (χ1n) is 11.6. The van der Waals surface area contributed by atoms with Gasteiger partial charge in [-0.05, 0) is 41.2 Å². The van der Waals surface area contributed by atoms with Gasteiger partial charge in [-0.1, -0.05) is 48.5 Å². The number of guanidine groups is 1. The van der Waals surface area contributed by atoms with E-state index in [-0.39, 0.29) is 24.0 Å². The largest absolute Gasteiger partial charge is 0.381 e. The normalized spacial score (nSPS) is 14.4. The molecule has 1 fully saturated rings. The number of ether oxygens (including phenoxy) is 2. The summed E-state index contributed by atoms with van der Waals surface area (Å²) in [5.41, 5.74) is 4.85. The van der Waals surface area contributed by atoms with Gasteiger partial charge < -0.3 is 20.1 Å². The first kappa shape index (κ1) is 26.2. The fraction of sp³-hybridized carbons (Fsp3) is 0.385. The molecule has 0 aliphatic carbocycles. The molecule has 34 heavy (non-hydrogen) atoms. The van der Waals surface area contributed by atoms with Gasteiger partial charge in [0.05, 0.1) is 19.3 Å². The minimum Gasteiger partial charge on any atom is -0.381 e. The molecule has 0 saturated carbocycles. The van der Waals surface area contributed by atoms with Crippen LogP contribution in [0.3, 0.4) is 0 Å². The number of hydrogen-bond acceptors (Lipinski definition) is 4. The summed E-state index contributed by atoms with van der Waals surface area (Å²) in [7, 11) is 1.79. The highest BCUT2D eigenvalue weighted by Gasteiger charge is 2.14. The van der Waals surface area contributed by atoms with Crippen LogP contribution in [0.15, 0.2) is 72.0 Å². The molecule has 3 aromatic rings. The quantitative estimate of drug-likeness (QED) is 0.228. The van der Waals surface area contributed by atoms with E-state index in [1.54, 1.807) is 13.2 Å². The summed E-state index contributed by atoms with van der Waals surface area (Å²) >= 11 is 0. The summed E-state index contributed by atoms with van der Waals surface area (Å²) in [5.74, 6) is 0.771.